The number of carbonyl (C=O) groups is 2. The standard InChI is InChI=1S/C70H135NO5/c1-3-5-7-9-11-13-15-17-19-32-35-38-42-46-50-54-58-62-68(73)67(66-72)71-69(74)63-59-55-51-47-43-39-36-33-30-28-26-24-22-20-21-23-25-27-29-31-34-37-41-45-49-53-57-61-65-76-70(75)64-60-56-52-48-44-40-18-16-14-12-10-8-6-4-2/h16,18,20-21,67-68,72-73H,3-15,17,19,22-66H2,1-2H3,(H,71,74)/b18-16-,21-20-. The van der Waals surface area contributed by atoms with Crippen molar-refractivity contribution in [2.75, 3.05) is 13.2 Å². The summed E-state index contributed by atoms with van der Waals surface area (Å²) in [6.07, 6.45) is 82.2. The van der Waals surface area contributed by atoms with E-state index in [2.05, 4.69) is 43.5 Å². The van der Waals surface area contributed by atoms with Gasteiger partial charge in [-0.2, -0.15) is 0 Å². The second kappa shape index (κ2) is 65.9. The molecule has 2 atom stereocenters. The number of amides is 1. The predicted molar refractivity (Wildman–Crippen MR) is 333 cm³/mol. The second-order valence-corrected chi connectivity index (χ2v) is 23.9. The number of aliphatic hydroxyl groups is 2. The summed E-state index contributed by atoms with van der Waals surface area (Å²) in [4.78, 5) is 24.6. The van der Waals surface area contributed by atoms with Crippen molar-refractivity contribution in [3.05, 3.63) is 24.3 Å². The van der Waals surface area contributed by atoms with E-state index < -0.39 is 12.1 Å². The molecular weight excluding hydrogens is 935 g/mol. The van der Waals surface area contributed by atoms with E-state index in [0.717, 1.165) is 44.9 Å². The number of hydrogen-bond donors (Lipinski definition) is 3. The van der Waals surface area contributed by atoms with E-state index in [1.54, 1.807) is 0 Å². The fourth-order valence-electron chi connectivity index (χ4n) is 10.9. The lowest BCUT2D eigenvalue weighted by molar-refractivity contribution is -0.143. The fraction of sp³-hybridized carbons (Fsp3) is 0.914. The van der Waals surface area contributed by atoms with Crippen LogP contribution < -0.4 is 5.32 Å². The molecule has 6 heteroatoms. The van der Waals surface area contributed by atoms with Gasteiger partial charge in [-0.3, -0.25) is 9.59 Å². The third-order valence-corrected chi connectivity index (χ3v) is 16.2. The Hall–Kier alpha value is -1.66. The molecule has 2 unspecified atom stereocenters. The maximum Gasteiger partial charge on any atom is 0.305 e. The summed E-state index contributed by atoms with van der Waals surface area (Å²) in [6, 6.07) is -0.541. The number of unbranched alkanes of at least 4 members (excludes halogenated alkanes) is 50. The molecule has 0 aromatic heterocycles. The summed E-state index contributed by atoms with van der Waals surface area (Å²) in [7, 11) is 0. The van der Waals surface area contributed by atoms with Crippen molar-refractivity contribution in [2.45, 2.75) is 398 Å². The van der Waals surface area contributed by atoms with Crippen LogP contribution in [0.15, 0.2) is 24.3 Å². The maximum absolute atomic E-state index is 12.5. The highest BCUT2D eigenvalue weighted by Crippen LogP contribution is 2.18. The number of allylic oxidation sites excluding steroid dienone is 4. The Balaban J connectivity index is 3.37. The summed E-state index contributed by atoms with van der Waals surface area (Å²) >= 11 is 0. The molecule has 76 heavy (non-hydrogen) atoms. The van der Waals surface area contributed by atoms with Gasteiger partial charge in [-0.05, 0) is 77.0 Å². The number of nitrogens with one attached hydrogen (secondary N) is 1. The molecule has 0 aromatic carbocycles. The van der Waals surface area contributed by atoms with Gasteiger partial charge >= 0.3 is 5.97 Å². The molecule has 0 rings (SSSR count). The largest absolute Gasteiger partial charge is 0.466 e. The molecule has 1 amide bonds. The molecule has 0 heterocycles. The summed E-state index contributed by atoms with van der Waals surface area (Å²) < 4.78 is 5.48. The van der Waals surface area contributed by atoms with Gasteiger partial charge in [0.1, 0.15) is 0 Å². The summed E-state index contributed by atoms with van der Waals surface area (Å²) in [5.74, 6) is -0.0237. The molecule has 0 aliphatic carbocycles. The molecule has 0 saturated carbocycles. The first kappa shape index (κ1) is 74.3. The minimum Gasteiger partial charge on any atom is -0.466 e. The van der Waals surface area contributed by atoms with Crippen molar-refractivity contribution in [1.29, 1.82) is 0 Å². The first-order valence-electron chi connectivity index (χ1n) is 34.6. The lowest BCUT2D eigenvalue weighted by atomic mass is 10.0. The normalized spacial score (nSPS) is 12.6. The number of rotatable bonds is 65. The second-order valence-electron chi connectivity index (χ2n) is 23.9. The van der Waals surface area contributed by atoms with Crippen LogP contribution in [0.1, 0.15) is 386 Å². The van der Waals surface area contributed by atoms with Gasteiger partial charge in [0.15, 0.2) is 0 Å². The smallest absolute Gasteiger partial charge is 0.305 e. The highest BCUT2D eigenvalue weighted by Gasteiger charge is 2.20. The van der Waals surface area contributed by atoms with Gasteiger partial charge in [-0.1, -0.05) is 321 Å². The van der Waals surface area contributed by atoms with Crippen LogP contribution in [0.5, 0.6) is 0 Å². The molecule has 0 aromatic rings. The molecule has 0 fully saturated rings. The molecular formula is C70H135NO5. The zero-order chi connectivity index (χ0) is 55.0. The Bertz CT molecular complexity index is 1190. The first-order chi connectivity index (χ1) is 37.5. The minimum atomic E-state index is -0.664. The number of ether oxygens (including phenoxy) is 1. The first-order valence-corrected chi connectivity index (χ1v) is 34.6. The third-order valence-electron chi connectivity index (χ3n) is 16.2. The number of hydrogen-bond acceptors (Lipinski definition) is 5. The van der Waals surface area contributed by atoms with E-state index in [1.165, 1.54) is 308 Å². The minimum absolute atomic E-state index is 0.00788. The average molecular weight is 1070 g/mol. The van der Waals surface area contributed by atoms with E-state index in [0.29, 0.717) is 25.9 Å². The molecule has 3 N–H and O–H groups in total. The Labute approximate surface area is 475 Å². The van der Waals surface area contributed by atoms with Gasteiger partial charge in [0.2, 0.25) is 5.91 Å². The zero-order valence-corrected chi connectivity index (χ0v) is 51.5. The highest BCUT2D eigenvalue weighted by molar-refractivity contribution is 5.76. The van der Waals surface area contributed by atoms with E-state index in [1.807, 2.05) is 0 Å². The predicted octanol–water partition coefficient (Wildman–Crippen LogP) is 22.1. The number of esters is 1. The summed E-state index contributed by atoms with van der Waals surface area (Å²) in [5.41, 5.74) is 0. The lowest BCUT2D eigenvalue weighted by Gasteiger charge is -2.22. The molecule has 0 saturated heterocycles. The van der Waals surface area contributed by atoms with Crippen LogP contribution in [0.25, 0.3) is 0 Å². The van der Waals surface area contributed by atoms with Crippen molar-refractivity contribution in [3.8, 4) is 0 Å². The van der Waals surface area contributed by atoms with Gasteiger partial charge in [-0.25, -0.2) is 0 Å². The molecule has 0 radical (unpaired) electrons. The van der Waals surface area contributed by atoms with Gasteiger partial charge in [0.25, 0.3) is 0 Å². The van der Waals surface area contributed by atoms with E-state index >= 15 is 0 Å². The van der Waals surface area contributed by atoms with Crippen molar-refractivity contribution in [2.24, 2.45) is 0 Å². The number of carbonyl (C=O) groups excluding carboxylic acids is 2. The molecule has 450 valence electrons. The van der Waals surface area contributed by atoms with Crippen LogP contribution in [-0.2, 0) is 14.3 Å². The summed E-state index contributed by atoms with van der Waals surface area (Å²) in [6.45, 7) is 4.97. The number of aliphatic hydroxyl groups excluding tert-OH is 2. The fourth-order valence-corrected chi connectivity index (χ4v) is 10.9. The van der Waals surface area contributed by atoms with Crippen LogP contribution in [-0.4, -0.2) is 47.4 Å². The highest BCUT2D eigenvalue weighted by atomic mass is 16.5. The van der Waals surface area contributed by atoms with Crippen molar-refractivity contribution >= 4 is 11.9 Å². The SMILES string of the molecule is CCCCCCC/C=C\CCCCCCCC(=O)OCCCCCCCCCCCCCC/C=C\CCCCCCCCCCCCCCC(=O)NC(CO)C(O)CCCCCCCCCCCCCCCCCCC. The lowest BCUT2D eigenvalue weighted by Crippen LogP contribution is -2.45. The van der Waals surface area contributed by atoms with Crippen molar-refractivity contribution < 1.29 is 24.5 Å². The van der Waals surface area contributed by atoms with Crippen LogP contribution in [0, 0.1) is 0 Å². The summed E-state index contributed by atoms with van der Waals surface area (Å²) in [5, 5.41) is 23.4. The van der Waals surface area contributed by atoms with Gasteiger partial charge in [0, 0.05) is 12.8 Å². The molecule has 0 aliphatic heterocycles. The third kappa shape index (κ3) is 61.6. The van der Waals surface area contributed by atoms with Crippen molar-refractivity contribution in [3.63, 3.8) is 0 Å². The Morgan fingerprint density at radius 3 is 0.934 bits per heavy atom. The Morgan fingerprint density at radius 2 is 0.618 bits per heavy atom. The van der Waals surface area contributed by atoms with E-state index in [9.17, 15) is 19.8 Å². The topological polar surface area (TPSA) is 95.9 Å². The average Bonchev–Trinajstić information content (AvgIpc) is 3.42. The molecule has 0 bridgehead atoms. The van der Waals surface area contributed by atoms with Gasteiger partial charge in [-0.15, -0.1) is 0 Å². The van der Waals surface area contributed by atoms with E-state index in [-0.39, 0.29) is 18.5 Å². The van der Waals surface area contributed by atoms with E-state index in [4.69, 9.17) is 4.74 Å². The van der Waals surface area contributed by atoms with Crippen LogP contribution in [0.2, 0.25) is 0 Å². The van der Waals surface area contributed by atoms with Gasteiger partial charge < -0.3 is 20.3 Å². The molecule has 6 nitrogen and oxygen atoms in total. The Morgan fingerprint density at radius 1 is 0.355 bits per heavy atom. The quantitative estimate of drug-likeness (QED) is 0.0320. The van der Waals surface area contributed by atoms with Crippen LogP contribution in [0.3, 0.4) is 0 Å². The van der Waals surface area contributed by atoms with Gasteiger partial charge in [0.05, 0.1) is 25.4 Å². The van der Waals surface area contributed by atoms with Crippen LogP contribution in [0.4, 0.5) is 0 Å². The van der Waals surface area contributed by atoms with Crippen molar-refractivity contribution in [1.82, 2.24) is 5.32 Å². The molecule has 0 spiro atoms. The molecule has 0 aliphatic rings. The maximum atomic E-state index is 12.5. The monoisotopic (exact) mass is 1070 g/mol. The Kier molecular flexibility index (Phi) is 64.4. The van der Waals surface area contributed by atoms with Crippen LogP contribution >= 0.6 is 0 Å². The zero-order valence-electron chi connectivity index (χ0n) is 51.5.